The Morgan fingerprint density at radius 2 is 1.55 bits per heavy atom. The van der Waals surface area contributed by atoms with E-state index in [-0.39, 0.29) is 10.8 Å². The Kier molecular flexibility index (Phi) is 7.54. The van der Waals surface area contributed by atoms with Crippen LogP contribution in [0.15, 0.2) is 35.2 Å². The summed E-state index contributed by atoms with van der Waals surface area (Å²) < 4.78 is 45.4. The summed E-state index contributed by atoms with van der Waals surface area (Å²) in [6, 6.07) is 8.52. The van der Waals surface area contributed by atoms with E-state index in [2.05, 4.69) is 4.72 Å². The topological polar surface area (TPSA) is 73.9 Å². The highest BCUT2D eigenvalue weighted by Crippen LogP contribution is 2.34. The van der Waals surface area contributed by atoms with Crippen molar-refractivity contribution >= 4 is 10.0 Å². The lowest BCUT2D eigenvalue weighted by Gasteiger charge is -2.21. The van der Waals surface area contributed by atoms with Crippen LogP contribution in [0.5, 0.6) is 17.2 Å². The molecule has 6 nitrogen and oxygen atoms in total. The summed E-state index contributed by atoms with van der Waals surface area (Å²) in [4.78, 5) is 0.265. The number of ether oxygens (including phenoxy) is 3. The number of rotatable bonds is 9. The first-order valence-corrected chi connectivity index (χ1v) is 11.1. The second-order valence-corrected chi connectivity index (χ2v) is 8.89. The standard InChI is InChI=1S/C22H31NO5S/c1-8-18(16-9-10-19(26-5)21(12-16)28-7)23-29(24,25)22-13-17(14(2)3)20(27-6)11-15(22)4/h9-14,18,23H,8H2,1-7H3/t18-/m0/s1. The van der Waals surface area contributed by atoms with Crippen molar-refractivity contribution in [2.75, 3.05) is 21.3 Å². The van der Waals surface area contributed by atoms with E-state index in [9.17, 15) is 8.42 Å². The Balaban J connectivity index is 2.45. The Morgan fingerprint density at radius 3 is 2.07 bits per heavy atom. The van der Waals surface area contributed by atoms with E-state index in [0.717, 1.165) is 11.1 Å². The van der Waals surface area contributed by atoms with Gasteiger partial charge in [0.1, 0.15) is 5.75 Å². The number of hydrogen-bond donors (Lipinski definition) is 1. The van der Waals surface area contributed by atoms with Gasteiger partial charge in [0.2, 0.25) is 10.0 Å². The first-order valence-electron chi connectivity index (χ1n) is 9.61. The molecule has 0 heterocycles. The van der Waals surface area contributed by atoms with Crippen LogP contribution in [-0.4, -0.2) is 29.7 Å². The molecule has 1 atom stereocenters. The molecule has 0 saturated heterocycles. The molecule has 29 heavy (non-hydrogen) atoms. The monoisotopic (exact) mass is 421 g/mol. The van der Waals surface area contributed by atoms with E-state index in [0.29, 0.717) is 29.2 Å². The maximum atomic E-state index is 13.2. The SMILES string of the molecule is CC[C@H](NS(=O)(=O)c1cc(C(C)C)c(OC)cc1C)c1ccc(OC)c(OC)c1. The number of benzene rings is 2. The lowest BCUT2D eigenvalue weighted by atomic mass is 10.0. The molecule has 0 aliphatic rings. The summed E-state index contributed by atoms with van der Waals surface area (Å²) in [6.07, 6.45) is 0.584. The van der Waals surface area contributed by atoms with Gasteiger partial charge in [0.05, 0.1) is 26.2 Å². The summed E-state index contributed by atoms with van der Waals surface area (Å²) >= 11 is 0. The van der Waals surface area contributed by atoms with Crippen molar-refractivity contribution < 1.29 is 22.6 Å². The fraction of sp³-hybridized carbons (Fsp3) is 0.455. The van der Waals surface area contributed by atoms with Crippen LogP contribution in [0, 0.1) is 6.92 Å². The zero-order chi connectivity index (χ0) is 21.8. The molecule has 2 rings (SSSR count). The van der Waals surface area contributed by atoms with Gasteiger partial charge in [0.15, 0.2) is 11.5 Å². The minimum absolute atomic E-state index is 0.132. The van der Waals surface area contributed by atoms with Crippen molar-refractivity contribution in [3.63, 3.8) is 0 Å². The van der Waals surface area contributed by atoms with Gasteiger partial charge < -0.3 is 14.2 Å². The zero-order valence-electron chi connectivity index (χ0n) is 18.2. The highest BCUT2D eigenvalue weighted by Gasteiger charge is 2.25. The third-order valence-electron chi connectivity index (χ3n) is 4.95. The Labute approximate surface area is 174 Å². The van der Waals surface area contributed by atoms with Crippen molar-refractivity contribution in [1.29, 1.82) is 0 Å². The number of methoxy groups -OCH3 is 3. The average molecular weight is 422 g/mol. The first-order chi connectivity index (χ1) is 13.7. The molecule has 0 unspecified atom stereocenters. The molecule has 0 fully saturated rings. The molecule has 0 bridgehead atoms. The fourth-order valence-electron chi connectivity index (χ4n) is 3.30. The second kappa shape index (κ2) is 9.50. The molecule has 1 N–H and O–H groups in total. The second-order valence-electron chi connectivity index (χ2n) is 7.21. The van der Waals surface area contributed by atoms with Crippen LogP contribution in [0.1, 0.15) is 55.8 Å². The lowest BCUT2D eigenvalue weighted by molar-refractivity contribution is 0.354. The van der Waals surface area contributed by atoms with E-state index in [4.69, 9.17) is 14.2 Å². The quantitative estimate of drug-likeness (QED) is 0.642. The zero-order valence-corrected chi connectivity index (χ0v) is 19.0. The number of nitrogens with one attached hydrogen (secondary N) is 1. The summed E-state index contributed by atoms with van der Waals surface area (Å²) in [6.45, 7) is 7.73. The van der Waals surface area contributed by atoms with Gasteiger partial charge in [-0.15, -0.1) is 0 Å². The van der Waals surface area contributed by atoms with Crippen molar-refractivity contribution in [1.82, 2.24) is 4.72 Å². The summed E-state index contributed by atoms with van der Waals surface area (Å²) in [5, 5.41) is 0. The summed E-state index contributed by atoms with van der Waals surface area (Å²) in [5.74, 6) is 1.99. The normalized spacial score (nSPS) is 12.7. The third kappa shape index (κ3) is 5.03. The molecule has 0 spiro atoms. The maximum Gasteiger partial charge on any atom is 0.241 e. The molecule has 2 aromatic carbocycles. The van der Waals surface area contributed by atoms with Crippen LogP contribution < -0.4 is 18.9 Å². The summed E-state index contributed by atoms with van der Waals surface area (Å²) in [7, 11) is 0.972. The van der Waals surface area contributed by atoms with E-state index < -0.39 is 16.1 Å². The van der Waals surface area contributed by atoms with Crippen LogP contribution >= 0.6 is 0 Å². The van der Waals surface area contributed by atoms with Gasteiger partial charge in [-0.1, -0.05) is 26.8 Å². The minimum atomic E-state index is -3.74. The number of aryl methyl sites for hydroxylation is 1. The van der Waals surface area contributed by atoms with Gasteiger partial charge in [0, 0.05) is 6.04 Å². The van der Waals surface area contributed by atoms with Gasteiger partial charge in [-0.05, 0) is 60.2 Å². The predicted molar refractivity (Wildman–Crippen MR) is 115 cm³/mol. The highest BCUT2D eigenvalue weighted by atomic mass is 32.2. The smallest absolute Gasteiger partial charge is 0.241 e. The Hall–Kier alpha value is -2.25. The van der Waals surface area contributed by atoms with Gasteiger partial charge >= 0.3 is 0 Å². The van der Waals surface area contributed by atoms with E-state index in [1.165, 1.54) is 0 Å². The van der Waals surface area contributed by atoms with Gasteiger partial charge in [-0.25, -0.2) is 13.1 Å². The van der Waals surface area contributed by atoms with Crippen molar-refractivity contribution in [2.45, 2.75) is 51.0 Å². The number of sulfonamides is 1. The lowest BCUT2D eigenvalue weighted by Crippen LogP contribution is -2.29. The van der Waals surface area contributed by atoms with Gasteiger partial charge in [0.25, 0.3) is 0 Å². The van der Waals surface area contributed by atoms with Crippen LogP contribution in [0.25, 0.3) is 0 Å². The third-order valence-corrected chi connectivity index (χ3v) is 6.57. The van der Waals surface area contributed by atoms with Crippen molar-refractivity contribution in [2.24, 2.45) is 0 Å². The molecule has 2 aromatic rings. The van der Waals surface area contributed by atoms with Crippen LogP contribution in [0.4, 0.5) is 0 Å². The van der Waals surface area contributed by atoms with E-state index >= 15 is 0 Å². The first kappa shape index (κ1) is 23.0. The highest BCUT2D eigenvalue weighted by molar-refractivity contribution is 7.89. The van der Waals surface area contributed by atoms with Crippen molar-refractivity contribution in [3.05, 3.63) is 47.0 Å². The van der Waals surface area contributed by atoms with E-state index in [1.807, 2.05) is 26.8 Å². The van der Waals surface area contributed by atoms with Crippen LogP contribution in [0.2, 0.25) is 0 Å². The largest absolute Gasteiger partial charge is 0.496 e. The predicted octanol–water partition coefficient (Wildman–Crippen LogP) is 4.57. The molecule has 0 radical (unpaired) electrons. The number of hydrogen-bond acceptors (Lipinski definition) is 5. The molecule has 0 saturated carbocycles. The van der Waals surface area contributed by atoms with Gasteiger partial charge in [-0.3, -0.25) is 0 Å². The molecule has 160 valence electrons. The molecular weight excluding hydrogens is 390 g/mol. The minimum Gasteiger partial charge on any atom is -0.496 e. The molecule has 0 aromatic heterocycles. The maximum absolute atomic E-state index is 13.2. The Bertz CT molecular complexity index is 954. The molecular formula is C22H31NO5S. The van der Waals surface area contributed by atoms with Crippen LogP contribution in [-0.2, 0) is 10.0 Å². The van der Waals surface area contributed by atoms with Crippen LogP contribution in [0.3, 0.4) is 0 Å². The Morgan fingerprint density at radius 1 is 0.931 bits per heavy atom. The van der Waals surface area contributed by atoms with Gasteiger partial charge in [-0.2, -0.15) is 0 Å². The molecule has 0 aliphatic carbocycles. The van der Waals surface area contributed by atoms with Crippen molar-refractivity contribution in [3.8, 4) is 17.2 Å². The molecule has 0 amide bonds. The molecule has 0 aliphatic heterocycles. The molecule has 7 heteroatoms. The summed E-state index contributed by atoms with van der Waals surface area (Å²) in [5.41, 5.74) is 2.31. The average Bonchev–Trinajstić information content (AvgIpc) is 2.70. The fourth-order valence-corrected chi connectivity index (χ4v) is 4.87. The van der Waals surface area contributed by atoms with E-state index in [1.54, 1.807) is 52.5 Å².